The van der Waals surface area contributed by atoms with Crippen molar-refractivity contribution in [2.24, 2.45) is 0 Å². The second kappa shape index (κ2) is 6.82. The van der Waals surface area contributed by atoms with Crippen LogP contribution in [0.5, 0.6) is 0 Å². The summed E-state index contributed by atoms with van der Waals surface area (Å²) in [5.41, 5.74) is 0.743. The topological polar surface area (TPSA) is 92.5 Å². The smallest absolute Gasteiger partial charge is 0.321 e. The molecule has 0 aliphatic heterocycles. The minimum Gasteiger partial charge on any atom is -0.480 e. The summed E-state index contributed by atoms with van der Waals surface area (Å²) in [5.74, 6) is -0.944. The average molecular weight is 261 g/mol. The highest BCUT2D eigenvalue weighted by Crippen LogP contribution is 2.13. The molecule has 0 fully saturated rings. The van der Waals surface area contributed by atoms with E-state index in [0.717, 1.165) is 5.56 Å². The van der Waals surface area contributed by atoms with Crippen molar-refractivity contribution in [3.63, 3.8) is 0 Å². The molecular formula is C10H13ClN2O4. The quantitative estimate of drug-likeness (QED) is 0.614. The molecule has 0 aromatic heterocycles. The molecule has 1 aromatic carbocycles. The number of likely N-dealkylation sites (N-methyl/N-ethyl adjacent to an activating group) is 1. The van der Waals surface area contributed by atoms with Crippen molar-refractivity contribution in [1.29, 1.82) is 0 Å². The maximum Gasteiger partial charge on any atom is 0.321 e. The Hall–Kier alpha value is -1.66. The predicted octanol–water partition coefficient (Wildman–Crippen LogP) is 1.23. The number of carboxylic acid groups (broad SMARTS) is 1. The van der Waals surface area contributed by atoms with E-state index in [4.69, 9.17) is 5.11 Å². The van der Waals surface area contributed by atoms with Crippen molar-refractivity contribution >= 4 is 24.1 Å². The van der Waals surface area contributed by atoms with Crippen molar-refractivity contribution in [3.8, 4) is 0 Å². The molecule has 0 saturated heterocycles. The lowest BCUT2D eigenvalue weighted by Gasteiger charge is -2.10. The third-order valence-electron chi connectivity index (χ3n) is 2.23. The molecule has 0 amide bonds. The first-order valence-corrected chi connectivity index (χ1v) is 4.68. The molecule has 1 unspecified atom stereocenters. The lowest BCUT2D eigenvalue weighted by molar-refractivity contribution is -0.384. The number of aliphatic carboxylic acids is 1. The zero-order valence-electron chi connectivity index (χ0n) is 9.12. The maximum atomic E-state index is 10.7. The molecule has 1 atom stereocenters. The molecule has 0 bridgehead atoms. The maximum absolute atomic E-state index is 10.7. The number of rotatable bonds is 5. The van der Waals surface area contributed by atoms with E-state index in [1.165, 1.54) is 12.1 Å². The summed E-state index contributed by atoms with van der Waals surface area (Å²) in [6.45, 7) is 0. The monoisotopic (exact) mass is 260 g/mol. The van der Waals surface area contributed by atoms with E-state index in [1.54, 1.807) is 19.2 Å². The number of carbonyl (C=O) groups is 1. The van der Waals surface area contributed by atoms with Gasteiger partial charge in [0.1, 0.15) is 6.04 Å². The van der Waals surface area contributed by atoms with Crippen molar-refractivity contribution in [2.75, 3.05) is 7.05 Å². The molecule has 0 aliphatic rings. The lowest BCUT2D eigenvalue weighted by atomic mass is 10.1. The fourth-order valence-electron chi connectivity index (χ4n) is 1.30. The van der Waals surface area contributed by atoms with Crippen molar-refractivity contribution < 1.29 is 14.8 Å². The first kappa shape index (κ1) is 15.3. The first-order valence-electron chi connectivity index (χ1n) is 4.68. The van der Waals surface area contributed by atoms with Crippen LogP contribution in [0.3, 0.4) is 0 Å². The van der Waals surface area contributed by atoms with Crippen LogP contribution in [0.25, 0.3) is 0 Å². The third kappa shape index (κ3) is 4.38. The summed E-state index contributed by atoms with van der Waals surface area (Å²) in [6, 6.07) is 5.17. The Labute approximate surface area is 104 Å². The molecule has 2 N–H and O–H groups in total. The van der Waals surface area contributed by atoms with Crippen LogP contribution in [0.15, 0.2) is 24.3 Å². The summed E-state index contributed by atoms with van der Waals surface area (Å²) >= 11 is 0. The number of nitrogens with zero attached hydrogens (tertiary/aromatic N) is 1. The average Bonchev–Trinajstić information content (AvgIpc) is 2.26. The predicted molar refractivity (Wildman–Crippen MR) is 64.5 cm³/mol. The van der Waals surface area contributed by atoms with E-state index < -0.39 is 16.9 Å². The molecule has 1 aromatic rings. The van der Waals surface area contributed by atoms with Crippen LogP contribution in [-0.4, -0.2) is 29.1 Å². The van der Waals surface area contributed by atoms with Gasteiger partial charge >= 0.3 is 5.97 Å². The van der Waals surface area contributed by atoms with E-state index in [-0.39, 0.29) is 18.1 Å². The summed E-state index contributed by atoms with van der Waals surface area (Å²) in [4.78, 5) is 20.6. The number of hydrogen-bond donors (Lipinski definition) is 2. The number of non-ortho nitro benzene ring substituents is 1. The van der Waals surface area contributed by atoms with Crippen molar-refractivity contribution in [2.45, 2.75) is 12.5 Å². The number of halogens is 1. The summed E-state index contributed by atoms with van der Waals surface area (Å²) in [5, 5.41) is 21.9. The minimum absolute atomic E-state index is 0. The highest BCUT2D eigenvalue weighted by molar-refractivity contribution is 5.85. The molecule has 0 saturated carbocycles. The standard InChI is InChI=1S/C10H12N2O4.ClH/c1-11-9(10(13)14)6-7-2-4-8(5-3-7)12(15)16;/h2-5,9,11H,6H2,1H3,(H,13,14);1H. The second-order valence-electron chi connectivity index (χ2n) is 3.31. The van der Waals surface area contributed by atoms with E-state index in [9.17, 15) is 14.9 Å². The van der Waals surface area contributed by atoms with E-state index in [1.807, 2.05) is 0 Å². The highest BCUT2D eigenvalue weighted by Gasteiger charge is 2.15. The van der Waals surface area contributed by atoms with Crippen LogP contribution in [-0.2, 0) is 11.2 Å². The Bertz CT molecular complexity index is 394. The van der Waals surface area contributed by atoms with Crippen LogP contribution in [0.2, 0.25) is 0 Å². The molecule has 17 heavy (non-hydrogen) atoms. The van der Waals surface area contributed by atoms with Gasteiger partial charge in [-0.15, -0.1) is 12.4 Å². The second-order valence-corrected chi connectivity index (χ2v) is 3.31. The molecule has 6 nitrogen and oxygen atoms in total. The van der Waals surface area contributed by atoms with E-state index >= 15 is 0 Å². The van der Waals surface area contributed by atoms with Gasteiger partial charge in [0.05, 0.1) is 4.92 Å². The van der Waals surface area contributed by atoms with Crippen LogP contribution in [0.4, 0.5) is 5.69 Å². The molecular weight excluding hydrogens is 248 g/mol. The van der Waals surface area contributed by atoms with Crippen LogP contribution in [0.1, 0.15) is 5.56 Å². The van der Waals surface area contributed by atoms with Crippen molar-refractivity contribution in [3.05, 3.63) is 39.9 Å². The fourth-order valence-corrected chi connectivity index (χ4v) is 1.30. The summed E-state index contributed by atoms with van der Waals surface area (Å²) in [6.07, 6.45) is 0.295. The van der Waals surface area contributed by atoms with Gasteiger partial charge in [0, 0.05) is 12.1 Å². The summed E-state index contributed by atoms with van der Waals surface area (Å²) in [7, 11) is 1.56. The Morgan fingerprint density at radius 2 is 2.00 bits per heavy atom. The molecule has 0 heterocycles. The van der Waals surface area contributed by atoms with Gasteiger partial charge in [-0.3, -0.25) is 14.9 Å². The van der Waals surface area contributed by atoms with Crippen LogP contribution >= 0.6 is 12.4 Å². The number of hydrogen-bond acceptors (Lipinski definition) is 4. The van der Waals surface area contributed by atoms with Gasteiger partial charge in [-0.05, 0) is 19.0 Å². The van der Waals surface area contributed by atoms with Gasteiger partial charge in [0.2, 0.25) is 0 Å². The minimum atomic E-state index is -0.944. The van der Waals surface area contributed by atoms with Gasteiger partial charge in [-0.25, -0.2) is 0 Å². The fraction of sp³-hybridized carbons (Fsp3) is 0.300. The molecule has 7 heteroatoms. The normalized spacial score (nSPS) is 11.4. The third-order valence-corrected chi connectivity index (χ3v) is 2.23. The Balaban J connectivity index is 0.00000256. The number of nitro groups is 1. The van der Waals surface area contributed by atoms with E-state index in [0.29, 0.717) is 6.42 Å². The van der Waals surface area contributed by atoms with Crippen molar-refractivity contribution in [1.82, 2.24) is 5.32 Å². The molecule has 94 valence electrons. The van der Waals surface area contributed by atoms with Gasteiger partial charge < -0.3 is 10.4 Å². The summed E-state index contributed by atoms with van der Waals surface area (Å²) < 4.78 is 0. The van der Waals surface area contributed by atoms with Gasteiger partial charge in [-0.1, -0.05) is 12.1 Å². The Morgan fingerprint density at radius 1 is 1.47 bits per heavy atom. The zero-order valence-corrected chi connectivity index (χ0v) is 9.94. The first-order chi connectivity index (χ1) is 7.54. The van der Waals surface area contributed by atoms with E-state index in [2.05, 4.69) is 5.32 Å². The van der Waals surface area contributed by atoms with Crippen LogP contribution in [0, 0.1) is 10.1 Å². The zero-order chi connectivity index (χ0) is 12.1. The number of nitro benzene ring substituents is 1. The molecule has 1 rings (SSSR count). The molecule has 0 aliphatic carbocycles. The van der Waals surface area contributed by atoms with Gasteiger partial charge in [-0.2, -0.15) is 0 Å². The Kier molecular flexibility index (Phi) is 6.16. The number of benzene rings is 1. The number of carboxylic acids is 1. The van der Waals surface area contributed by atoms with Crippen LogP contribution < -0.4 is 5.32 Å². The SMILES string of the molecule is CNC(Cc1ccc([N+](=O)[O-])cc1)C(=O)O.Cl. The van der Waals surface area contributed by atoms with Gasteiger partial charge in [0.15, 0.2) is 0 Å². The lowest BCUT2D eigenvalue weighted by Crippen LogP contribution is -2.35. The van der Waals surface area contributed by atoms with Gasteiger partial charge in [0.25, 0.3) is 5.69 Å². The molecule has 0 spiro atoms. The highest BCUT2D eigenvalue weighted by atomic mass is 35.5. The largest absolute Gasteiger partial charge is 0.480 e. The number of nitrogens with one attached hydrogen (secondary N) is 1. The molecule has 0 radical (unpaired) electrons. The Morgan fingerprint density at radius 3 is 2.35 bits per heavy atom.